The standard InChI is InChI=1S/C15H27N5/c1-2-4-14(5-3-1)15(19-10-7-16-8-11-19)6-9-20-13-17-12-18-20/h12-16H,1-11H2. The topological polar surface area (TPSA) is 46.0 Å². The normalized spacial score (nSPS) is 23.8. The van der Waals surface area contributed by atoms with Crippen LogP contribution in [0.15, 0.2) is 12.7 Å². The maximum Gasteiger partial charge on any atom is 0.137 e. The lowest BCUT2D eigenvalue weighted by Gasteiger charge is -2.41. The lowest BCUT2D eigenvalue weighted by Crippen LogP contribution is -2.51. The Kier molecular flexibility index (Phi) is 5.03. The Hall–Kier alpha value is -0.940. The molecule has 5 nitrogen and oxygen atoms in total. The molecule has 3 rings (SSSR count). The van der Waals surface area contributed by atoms with Gasteiger partial charge >= 0.3 is 0 Å². The zero-order chi connectivity index (χ0) is 13.6. The van der Waals surface area contributed by atoms with Gasteiger partial charge < -0.3 is 5.32 Å². The molecular weight excluding hydrogens is 250 g/mol. The number of nitrogens with one attached hydrogen (secondary N) is 1. The van der Waals surface area contributed by atoms with Crippen molar-refractivity contribution in [3.63, 3.8) is 0 Å². The minimum absolute atomic E-state index is 0.738. The maximum absolute atomic E-state index is 4.25. The summed E-state index contributed by atoms with van der Waals surface area (Å²) in [6.45, 7) is 5.71. The number of piperazine rings is 1. The molecule has 1 aliphatic carbocycles. The monoisotopic (exact) mass is 277 g/mol. The summed E-state index contributed by atoms with van der Waals surface area (Å²) in [5.74, 6) is 0.894. The molecule has 1 saturated carbocycles. The summed E-state index contributed by atoms with van der Waals surface area (Å²) in [6, 6.07) is 0.738. The van der Waals surface area contributed by atoms with Crippen LogP contribution in [0.4, 0.5) is 0 Å². The van der Waals surface area contributed by atoms with E-state index in [1.165, 1.54) is 51.6 Å². The minimum atomic E-state index is 0.738. The van der Waals surface area contributed by atoms with Crippen LogP contribution in [0, 0.1) is 5.92 Å². The van der Waals surface area contributed by atoms with Crippen LogP contribution >= 0.6 is 0 Å². The van der Waals surface area contributed by atoms with E-state index in [1.54, 1.807) is 6.33 Å². The molecule has 20 heavy (non-hydrogen) atoms. The molecule has 1 saturated heterocycles. The van der Waals surface area contributed by atoms with Gasteiger partial charge in [0.25, 0.3) is 0 Å². The lowest BCUT2D eigenvalue weighted by atomic mass is 9.81. The number of nitrogens with zero attached hydrogens (tertiary/aromatic N) is 4. The van der Waals surface area contributed by atoms with Crippen molar-refractivity contribution < 1.29 is 0 Å². The molecule has 0 radical (unpaired) electrons. The quantitative estimate of drug-likeness (QED) is 0.886. The third-order valence-electron chi connectivity index (χ3n) is 4.94. The highest BCUT2D eigenvalue weighted by Gasteiger charge is 2.29. The molecule has 0 aromatic carbocycles. The van der Waals surface area contributed by atoms with Crippen LogP contribution in [0.1, 0.15) is 38.5 Å². The van der Waals surface area contributed by atoms with Gasteiger partial charge in [-0.25, -0.2) is 4.98 Å². The summed E-state index contributed by atoms with van der Waals surface area (Å²) < 4.78 is 1.98. The van der Waals surface area contributed by atoms with E-state index >= 15 is 0 Å². The second-order valence-electron chi connectivity index (χ2n) is 6.20. The molecule has 1 atom stereocenters. The first-order valence-electron chi connectivity index (χ1n) is 8.20. The summed E-state index contributed by atoms with van der Waals surface area (Å²) in [7, 11) is 0. The molecule has 1 aromatic rings. The Labute approximate surface area is 121 Å². The van der Waals surface area contributed by atoms with Crippen molar-refractivity contribution in [2.75, 3.05) is 26.2 Å². The van der Waals surface area contributed by atoms with E-state index in [-0.39, 0.29) is 0 Å². The number of aryl methyl sites for hydroxylation is 1. The van der Waals surface area contributed by atoms with Gasteiger partial charge in [-0.2, -0.15) is 5.10 Å². The molecule has 2 aliphatic rings. The van der Waals surface area contributed by atoms with Gasteiger partial charge in [-0.05, 0) is 25.2 Å². The number of hydrogen-bond acceptors (Lipinski definition) is 4. The first kappa shape index (κ1) is 14.0. The predicted molar refractivity (Wildman–Crippen MR) is 79.4 cm³/mol. The molecule has 112 valence electrons. The molecule has 1 unspecified atom stereocenters. The number of rotatable bonds is 5. The molecule has 1 aliphatic heterocycles. The zero-order valence-corrected chi connectivity index (χ0v) is 12.4. The number of aromatic nitrogens is 3. The van der Waals surface area contributed by atoms with Gasteiger partial charge in [0.05, 0.1) is 0 Å². The highest BCUT2D eigenvalue weighted by Crippen LogP contribution is 2.31. The summed E-state index contributed by atoms with van der Waals surface area (Å²) in [5, 5.41) is 7.73. The van der Waals surface area contributed by atoms with E-state index in [2.05, 4.69) is 20.3 Å². The predicted octanol–water partition coefficient (Wildman–Crippen LogP) is 1.52. The molecule has 0 spiro atoms. The van der Waals surface area contributed by atoms with Gasteiger partial charge in [-0.3, -0.25) is 9.58 Å². The van der Waals surface area contributed by atoms with Crippen molar-refractivity contribution in [1.82, 2.24) is 25.0 Å². The van der Waals surface area contributed by atoms with E-state index in [0.29, 0.717) is 0 Å². The van der Waals surface area contributed by atoms with Crippen molar-refractivity contribution in [2.24, 2.45) is 5.92 Å². The van der Waals surface area contributed by atoms with Crippen LogP contribution in [-0.2, 0) is 6.54 Å². The average molecular weight is 277 g/mol. The molecule has 0 bridgehead atoms. The van der Waals surface area contributed by atoms with Crippen LogP contribution in [0.3, 0.4) is 0 Å². The van der Waals surface area contributed by atoms with E-state index in [1.807, 2.05) is 11.0 Å². The Bertz CT molecular complexity index is 348. The van der Waals surface area contributed by atoms with E-state index in [0.717, 1.165) is 31.6 Å². The Morgan fingerprint density at radius 1 is 1.15 bits per heavy atom. The highest BCUT2D eigenvalue weighted by molar-refractivity contribution is 4.84. The SMILES string of the molecule is c1ncn(CCC(C2CCCCC2)N2CCNCC2)n1. The van der Waals surface area contributed by atoms with Gasteiger partial charge in [-0.15, -0.1) is 0 Å². The summed E-state index contributed by atoms with van der Waals surface area (Å²) in [5.41, 5.74) is 0. The fourth-order valence-corrected chi connectivity index (χ4v) is 3.86. The largest absolute Gasteiger partial charge is 0.314 e. The van der Waals surface area contributed by atoms with Gasteiger partial charge in [0.15, 0.2) is 0 Å². The van der Waals surface area contributed by atoms with Gasteiger partial charge in [0, 0.05) is 38.8 Å². The van der Waals surface area contributed by atoms with Crippen molar-refractivity contribution in [3.8, 4) is 0 Å². The van der Waals surface area contributed by atoms with Crippen LogP contribution in [0.2, 0.25) is 0 Å². The fraction of sp³-hybridized carbons (Fsp3) is 0.867. The third-order valence-corrected chi connectivity index (χ3v) is 4.94. The van der Waals surface area contributed by atoms with E-state index in [4.69, 9.17) is 0 Å². The Balaban J connectivity index is 1.61. The summed E-state index contributed by atoms with van der Waals surface area (Å²) in [6.07, 6.45) is 11.8. The zero-order valence-electron chi connectivity index (χ0n) is 12.4. The summed E-state index contributed by atoms with van der Waals surface area (Å²) in [4.78, 5) is 6.78. The van der Waals surface area contributed by atoms with Gasteiger partial charge in [0.1, 0.15) is 12.7 Å². The smallest absolute Gasteiger partial charge is 0.137 e. The van der Waals surface area contributed by atoms with Crippen LogP contribution in [0.5, 0.6) is 0 Å². The van der Waals surface area contributed by atoms with Crippen LogP contribution in [-0.4, -0.2) is 51.9 Å². The molecule has 0 amide bonds. The fourth-order valence-electron chi connectivity index (χ4n) is 3.86. The van der Waals surface area contributed by atoms with Crippen molar-refractivity contribution in [2.45, 2.75) is 51.1 Å². The molecular formula is C15H27N5. The minimum Gasteiger partial charge on any atom is -0.314 e. The Morgan fingerprint density at radius 2 is 1.95 bits per heavy atom. The average Bonchev–Trinajstić information content (AvgIpc) is 3.03. The maximum atomic E-state index is 4.25. The second-order valence-corrected chi connectivity index (χ2v) is 6.20. The Morgan fingerprint density at radius 3 is 2.65 bits per heavy atom. The van der Waals surface area contributed by atoms with Gasteiger partial charge in [-0.1, -0.05) is 19.3 Å². The number of hydrogen-bond donors (Lipinski definition) is 1. The molecule has 5 heteroatoms. The molecule has 2 fully saturated rings. The van der Waals surface area contributed by atoms with Crippen LogP contribution < -0.4 is 5.32 Å². The van der Waals surface area contributed by atoms with Crippen molar-refractivity contribution >= 4 is 0 Å². The van der Waals surface area contributed by atoms with Gasteiger partial charge in [0.2, 0.25) is 0 Å². The second kappa shape index (κ2) is 7.18. The van der Waals surface area contributed by atoms with Crippen molar-refractivity contribution in [1.29, 1.82) is 0 Å². The first-order chi connectivity index (χ1) is 9.93. The molecule has 1 N–H and O–H groups in total. The molecule has 1 aromatic heterocycles. The van der Waals surface area contributed by atoms with Crippen LogP contribution in [0.25, 0.3) is 0 Å². The molecule has 2 heterocycles. The summed E-state index contributed by atoms with van der Waals surface area (Å²) >= 11 is 0. The lowest BCUT2D eigenvalue weighted by molar-refractivity contribution is 0.0923. The van der Waals surface area contributed by atoms with E-state index < -0.39 is 0 Å². The van der Waals surface area contributed by atoms with Crippen molar-refractivity contribution in [3.05, 3.63) is 12.7 Å². The first-order valence-corrected chi connectivity index (χ1v) is 8.20. The third kappa shape index (κ3) is 3.58. The highest BCUT2D eigenvalue weighted by atomic mass is 15.3. The van der Waals surface area contributed by atoms with E-state index in [9.17, 15) is 0 Å².